The van der Waals surface area contributed by atoms with Crippen molar-refractivity contribution in [1.29, 1.82) is 0 Å². The van der Waals surface area contributed by atoms with Crippen LogP contribution in [0.5, 0.6) is 0 Å². The molecule has 0 saturated heterocycles. The molecule has 2 aromatic carbocycles. The normalized spacial score (nSPS) is 11.5. The van der Waals surface area contributed by atoms with Gasteiger partial charge in [0, 0.05) is 0 Å². The first kappa shape index (κ1) is 32.3. The van der Waals surface area contributed by atoms with Crippen molar-refractivity contribution in [1.82, 2.24) is 0 Å². The topological polar surface area (TPSA) is 217 Å². The first-order chi connectivity index (χ1) is 14.0. The molecule has 0 radical (unpaired) electrons. The fourth-order valence-corrected chi connectivity index (χ4v) is 2.38. The van der Waals surface area contributed by atoms with Crippen molar-refractivity contribution < 1.29 is 51.9 Å². The minimum Gasteiger partial charge on any atom is -0.286 e. The van der Waals surface area contributed by atoms with Gasteiger partial charge in [-0.2, -0.15) is 33.7 Å². The predicted octanol–water partition coefficient (Wildman–Crippen LogP) is 1.49. The molecular weight excluding hydrogens is 512 g/mol. The van der Waals surface area contributed by atoms with E-state index in [-0.39, 0.29) is 9.79 Å². The Bertz CT molecular complexity index is 1140. The van der Waals surface area contributed by atoms with Gasteiger partial charge >= 0.3 is 0 Å². The van der Waals surface area contributed by atoms with Gasteiger partial charge in [-0.05, 0) is 38.1 Å². The highest BCUT2D eigenvalue weighted by molar-refractivity contribution is 7.86. The molecule has 0 aliphatic rings. The molecule has 0 saturated carbocycles. The molecule has 0 atom stereocenters. The van der Waals surface area contributed by atoms with E-state index in [0.717, 1.165) is 11.1 Å². The van der Waals surface area contributed by atoms with E-state index in [0.29, 0.717) is 12.5 Å². The molecule has 16 heteroatoms. The van der Waals surface area contributed by atoms with Crippen molar-refractivity contribution in [2.24, 2.45) is 0 Å². The average Bonchev–Trinajstić information content (AvgIpc) is 2.51. The maximum Gasteiger partial charge on any atom is 0.294 e. The van der Waals surface area contributed by atoms with E-state index in [1.54, 1.807) is 24.3 Å². The van der Waals surface area contributed by atoms with Crippen LogP contribution in [-0.2, 0) is 40.5 Å². The zero-order valence-corrected chi connectivity index (χ0v) is 20.6. The predicted molar refractivity (Wildman–Crippen MR) is 117 cm³/mol. The Hall–Kier alpha value is -1.92. The van der Waals surface area contributed by atoms with Crippen molar-refractivity contribution in [2.75, 3.05) is 12.5 Å². The second-order valence-corrected chi connectivity index (χ2v) is 11.8. The van der Waals surface area contributed by atoms with Crippen molar-refractivity contribution >= 4 is 40.5 Å². The molecule has 0 aromatic heterocycles. The Morgan fingerprint density at radius 2 is 0.625 bits per heavy atom. The second-order valence-electron chi connectivity index (χ2n) is 6.04. The van der Waals surface area contributed by atoms with Gasteiger partial charge in [0.1, 0.15) is 0 Å². The van der Waals surface area contributed by atoms with Gasteiger partial charge in [0.25, 0.3) is 40.5 Å². The van der Waals surface area contributed by atoms with Gasteiger partial charge in [0.2, 0.25) is 0 Å². The van der Waals surface area contributed by atoms with Crippen molar-refractivity contribution in [3.63, 3.8) is 0 Å². The molecule has 0 amide bonds. The third-order valence-corrected chi connectivity index (χ3v) is 4.37. The number of benzene rings is 2. The molecule has 0 spiro atoms. The molecule has 0 fully saturated rings. The first-order valence-corrected chi connectivity index (χ1v) is 14.5. The van der Waals surface area contributed by atoms with Crippen LogP contribution in [0.15, 0.2) is 58.3 Å². The molecule has 4 N–H and O–H groups in total. The van der Waals surface area contributed by atoms with Crippen LogP contribution in [0, 0.1) is 13.8 Å². The van der Waals surface area contributed by atoms with Crippen LogP contribution in [-0.4, -0.2) is 64.4 Å². The van der Waals surface area contributed by atoms with E-state index in [1.807, 2.05) is 13.8 Å². The maximum absolute atomic E-state index is 10.5. The summed E-state index contributed by atoms with van der Waals surface area (Å²) in [7, 11) is -15.4. The highest BCUT2D eigenvalue weighted by atomic mass is 32.2. The summed E-state index contributed by atoms with van der Waals surface area (Å²) in [6.07, 6.45) is 1.43. The standard InChI is InChI=1S/2C7H8O3S.2CH4O3S/c2*1-6-2-4-7(5-3-6)11(8,9)10;2*1-5(2,3)4/h2*2-5H,1H3,(H,8,9,10);2*1H3,(H,2,3,4). The van der Waals surface area contributed by atoms with Crippen LogP contribution in [0.2, 0.25) is 0 Å². The van der Waals surface area contributed by atoms with Gasteiger partial charge in [0.15, 0.2) is 0 Å². The third kappa shape index (κ3) is 22.8. The zero-order chi connectivity index (χ0) is 26.0. The summed E-state index contributed by atoms with van der Waals surface area (Å²) >= 11 is 0. The molecule has 2 rings (SSSR count). The number of hydrogen-bond donors (Lipinski definition) is 4. The van der Waals surface area contributed by atoms with Gasteiger partial charge < -0.3 is 0 Å². The Morgan fingerprint density at radius 3 is 0.750 bits per heavy atom. The van der Waals surface area contributed by atoms with Crippen LogP contribution in [0.1, 0.15) is 11.1 Å². The Morgan fingerprint density at radius 1 is 0.469 bits per heavy atom. The van der Waals surface area contributed by atoms with Gasteiger partial charge in [-0.15, -0.1) is 0 Å². The lowest BCUT2D eigenvalue weighted by Crippen LogP contribution is -1.96. The van der Waals surface area contributed by atoms with Crippen LogP contribution in [0.3, 0.4) is 0 Å². The summed E-state index contributed by atoms with van der Waals surface area (Å²) < 4.78 is 111. The average molecular weight is 537 g/mol. The van der Waals surface area contributed by atoms with Gasteiger partial charge in [-0.25, -0.2) is 0 Å². The lowest BCUT2D eigenvalue weighted by molar-refractivity contribution is 0.481. The molecule has 12 nitrogen and oxygen atoms in total. The Kier molecular flexibility index (Phi) is 13.1. The van der Waals surface area contributed by atoms with E-state index in [9.17, 15) is 33.7 Å². The fourth-order valence-electron chi connectivity index (χ4n) is 1.42. The van der Waals surface area contributed by atoms with E-state index in [4.69, 9.17) is 18.2 Å². The minimum absolute atomic E-state index is 0.0666. The lowest BCUT2D eigenvalue weighted by Gasteiger charge is -1.95. The molecule has 32 heavy (non-hydrogen) atoms. The quantitative estimate of drug-likeness (QED) is 0.401. The first-order valence-electron chi connectivity index (χ1n) is 7.93. The number of rotatable bonds is 2. The summed E-state index contributed by atoms with van der Waals surface area (Å²) in [6.45, 7) is 3.68. The minimum atomic E-state index is -4.02. The van der Waals surface area contributed by atoms with Gasteiger partial charge in [-0.1, -0.05) is 35.4 Å². The van der Waals surface area contributed by atoms with E-state index >= 15 is 0 Å². The molecule has 0 heterocycles. The summed E-state index contributed by atoms with van der Waals surface area (Å²) in [6, 6.07) is 12.0. The lowest BCUT2D eigenvalue weighted by atomic mass is 10.2. The molecular formula is C16H24O12S4. The van der Waals surface area contributed by atoms with Crippen molar-refractivity contribution in [2.45, 2.75) is 23.6 Å². The van der Waals surface area contributed by atoms with Crippen molar-refractivity contribution in [3.8, 4) is 0 Å². The summed E-state index contributed by atoms with van der Waals surface area (Å²) in [4.78, 5) is -0.133. The Balaban J connectivity index is 0. The summed E-state index contributed by atoms with van der Waals surface area (Å²) in [5.74, 6) is 0. The van der Waals surface area contributed by atoms with E-state index in [1.165, 1.54) is 24.3 Å². The SMILES string of the molecule is CS(=O)(=O)O.CS(=O)(=O)O.Cc1ccc(S(=O)(=O)O)cc1.Cc1ccc(S(=O)(=O)O)cc1. The molecule has 0 bridgehead atoms. The summed E-state index contributed by atoms with van der Waals surface area (Å²) in [5.41, 5.74) is 1.91. The van der Waals surface area contributed by atoms with Crippen LogP contribution < -0.4 is 0 Å². The molecule has 0 aliphatic carbocycles. The highest BCUT2D eigenvalue weighted by Crippen LogP contribution is 2.09. The molecule has 184 valence electrons. The number of hydrogen-bond acceptors (Lipinski definition) is 8. The maximum atomic E-state index is 10.5. The second kappa shape index (κ2) is 12.9. The molecule has 0 aliphatic heterocycles. The largest absolute Gasteiger partial charge is 0.294 e. The van der Waals surface area contributed by atoms with Gasteiger partial charge in [-0.3, -0.25) is 18.2 Å². The zero-order valence-electron chi connectivity index (χ0n) is 17.3. The van der Waals surface area contributed by atoms with E-state index < -0.39 is 40.5 Å². The third-order valence-electron chi connectivity index (χ3n) is 2.64. The number of aryl methyl sites for hydroxylation is 2. The molecule has 0 unspecified atom stereocenters. The smallest absolute Gasteiger partial charge is 0.286 e. The van der Waals surface area contributed by atoms with Crippen molar-refractivity contribution in [3.05, 3.63) is 59.7 Å². The van der Waals surface area contributed by atoms with Crippen LogP contribution in [0.25, 0.3) is 0 Å². The van der Waals surface area contributed by atoms with Gasteiger partial charge in [0.05, 0.1) is 22.3 Å². The van der Waals surface area contributed by atoms with Crippen LogP contribution in [0.4, 0.5) is 0 Å². The molecule has 2 aromatic rings. The Labute approximate surface area is 187 Å². The van der Waals surface area contributed by atoms with E-state index in [2.05, 4.69) is 0 Å². The monoisotopic (exact) mass is 536 g/mol. The fraction of sp³-hybridized carbons (Fsp3) is 0.250. The highest BCUT2D eigenvalue weighted by Gasteiger charge is 2.07. The summed E-state index contributed by atoms with van der Waals surface area (Å²) in [5, 5.41) is 0. The van der Waals surface area contributed by atoms with Crippen LogP contribution >= 0.6 is 0 Å².